The van der Waals surface area contributed by atoms with E-state index in [1.807, 2.05) is 12.1 Å². The van der Waals surface area contributed by atoms with Crippen LogP contribution in [-0.4, -0.2) is 10.2 Å². The van der Waals surface area contributed by atoms with E-state index in [1.165, 1.54) is 30.3 Å². The van der Waals surface area contributed by atoms with Crippen molar-refractivity contribution in [3.63, 3.8) is 0 Å². The van der Waals surface area contributed by atoms with Gasteiger partial charge in [0, 0.05) is 17.0 Å². The van der Waals surface area contributed by atoms with E-state index < -0.39 is 0 Å². The number of benzene rings is 1. The standard InChI is InChI=1S/C11H13N3/c12-9-6-2-5-8-10(7-3-1-4-7)13-14-11(8)9/h2,5-7H,1,3-4,12H2,(H,13,14). The number of hydrogen-bond acceptors (Lipinski definition) is 2. The number of para-hydroxylation sites is 1. The number of aromatic amines is 1. The Labute approximate surface area is 82.3 Å². The molecule has 3 heteroatoms. The lowest BCUT2D eigenvalue weighted by Gasteiger charge is -2.24. The zero-order chi connectivity index (χ0) is 9.54. The van der Waals surface area contributed by atoms with E-state index in [-0.39, 0.29) is 0 Å². The molecular weight excluding hydrogens is 174 g/mol. The Morgan fingerprint density at radius 2 is 2.21 bits per heavy atom. The summed E-state index contributed by atoms with van der Waals surface area (Å²) in [6.07, 6.45) is 3.91. The first-order valence-electron chi connectivity index (χ1n) is 5.09. The number of fused-ring (bicyclic) bond motifs is 1. The molecule has 0 atom stereocenters. The topological polar surface area (TPSA) is 54.7 Å². The molecule has 0 amide bonds. The molecule has 0 aliphatic heterocycles. The molecule has 3 rings (SSSR count). The van der Waals surface area contributed by atoms with E-state index >= 15 is 0 Å². The first-order chi connectivity index (χ1) is 6.86. The number of nitrogens with zero attached hydrogens (tertiary/aromatic N) is 1. The second-order valence-corrected chi connectivity index (χ2v) is 4.01. The summed E-state index contributed by atoms with van der Waals surface area (Å²) in [5.74, 6) is 0.682. The van der Waals surface area contributed by atoms with Crippen LogP contribution < -0.4 is 5.73 Å². The van der Waals surface area contributed by atoms with E-state index in [2.05, 4.69) is 16.3 Å². The molecule has 3 N–H and O–H groups in total. The molecule has 0 spiro atoms. The van der Waals surface area contributed by atoms with Gasteiger partial charge in [-0.2, -0.15) is 5.10 Å². The monoisotopic (exact) mass is 187 g/mol. The van der Waals surface area contributed by atoms with E-state index in [0.717, 1.165) is 11.2 Å². The van der Waals surface area contributed by atoms with Crippen molar-refractivity contribution >= 4 is 16.6 Å². The zero-order valence-corrected chi connectivity index (χ0v) is 7.96. The summed E-state index contributed by atoms with van der Waals surface area (Å²) in [7, 11) is 0. The lowest BCUT2D eigenvalue weighted by atomic mass is 9.82. The number of rotatable bonds is 1. The van der Waals surface area contributed by atoms with Gasteiger partial charge >= 0.3 is 0 Å². The van der Waals surface area contributed by atoms with E-state index in [4.69, 9.17) is 5.73 Å². The third-order valence-electron chi connectivity index (χ3n) is 3.16. The van der Waals surface area contributed by atoms with Gasteiger partial charge in [-0.05, 0) is 18.9 Å². The van der Waals surface area contributed by atoms with Crippen LogP contribution in [0.2, 0.25) is 0 Å². The van der Waals surface area contributed by atoms with Gasteiger partial charge in [0.15, 0.2) is 0 Å². The number of hydrogen-bond donors (Lipinski definition) is 2. The Balaban J connectivity index is 2.20. The van der Waals surface area contributed by atoms with Crippen molar-refractivity contribution in [2.24, 2.45) is 0 Å². The second kappa shape index (κ2) is 2.74. The summed E-state index contributed by atoms with van der Waals surface area (Å²) in [5.41, 5.74) is 8.82. The summed E-state index contributed by atoms with van der Waals surface area (Å²) in [5, 5.41) is 8.60. The normalized spacial score (nSPS) is 17.1. The molecule has 1 aromatic heterocycles. The quantitative estimate of drug-likeness (QED) is 0.673. The molecule has 0 radical (unpaired) electrons. The van der Waals surface area contributed by atoms with Crippen LogP contribution >= 0.6 is 0 Å². The fraction of sp³-hybridized carbons (Fsp3) is 0.364. The maximum atomic E-state index is 5.85. The Morgan fingerprint density at radius 1 is 1.36 bits per heavy atom. The van der Waals surface area contributed by atoms with Gasteiger partial charge in [-0.1, -0.05) is 18.6 Å². The molecule has 1 fully saturated rings. The van der Waals surface area contributed by atoms with Crippen LogP contribution in [-0.2, 0) is 0 Å². The number of nitrogens with two attached hydrogens (primary N) is 1. The van der Waals surface area contributed by atoms with Crippen LogP contribution in [0, 0.1) is 0 Å². The number of H-pyrrole nitrogens is 1. The summed E-state index contributed by atoms with van der Waals surface area (Å²) in [6.45, 7) is 0. The average molecular weight is 187 g/mol. The smallest absolute Gasteiger partial charge is 0.115 e. The van der Waals surface area contributed by atoms with Crippen LogP contribution in [0.15, 0.2) is 18.2 Å². The molecule has 2 aromatic rings. The molecule has 1 aliphatic rings. The molecule has 1 aromatic carbocycles. The lowest BCUT2D eigenvalue weighted by molar-refractivity contribution is 0.413. The van der Waals surface area contributed by atoms with E-state index in [1.54, 1.807) is 0 Å². The Kier molecular flexibility index (Phi) is 1.54. The molecule has 1 aliphatic carbocycles. The van der Waals surface area contributed by atoms with Crippen molar-refractivity contribution in [1.29, 1.82) is 0 Å². The third kappa shape index (κ3) is 0.953. The summed E-state index contributed by atoms with van der Waals surface area (Å²) < 4.78 is 0. The van der Waals surface area contributed by atoms with Crippen LogP contribution in [0.25, 0.3) is 10.9 Å². The molecule has 72 valence electrons. The van der Waals surface area contributed by atoms with Crippen molar-refractivity contribution in [3.05, 3.63) is 23.9 Å². The van der Waals surface area contributed by atoms with Crippen molar-refractivity contribution in [2.45, 2.75) is 25.2 Å². The first kappa shape index (κ1) is 7.85. The molecule has 3 nitrogen and oxygen atoms in total. The Morgan fingerprint density at radius 3 is 2.93 bits per heavy atom. The minimum absolute atomic E-state index is 0.682. The highest BCUT2D eigenvalue weighted by molar-refractivity contribution is 5.91. The van der Waals surface area contributed by atoms with E-state index in [9.17, 15) is 0 Å². The fourth-order valence-electron chi connectivity index (χ4n) is 2.09. The van der Waals surface area contributed by atoms with Crippen molar-refractivity contribution < 1.29 is 0 Å². The maximum absolute atomic E-state index is 5.85. The molecule has 0 saturated heterocycles. The van der Waals surface area contributed by atoms with Crippen LogP contribution in [0.3, 0.4) is 0 Å². The van der Waals surface area contributed by atoms with Crippen LogP contribution in [0.1, 0.15) is 30.9 Å². The number of anilines is 1. The van der Waals surface area contributed by atoms with E-state index in [0.29, 0.717) is 5.92 Å². The predicted molar refractivity (Wildman–Crippen MR) is 57.1 cm³/mol. The second-order valence-electron chi connectivity index (χ2n) is 4.01. The summed E-state index contributed by atoms with van der Waals surface area (Å²) in [6, 6.07) is 5.99. The average Bonchev–Trinajstić information content (AvgIpc) is 2.48. The number of nitrogen functional groups attached to an aromatic ring is 1. The predicted octanol–water partition coefficient (Wildman–Crippen LogP) is 2.41. The highest BCUT2D eigenvalue weighted by atomic mass is 15.1. The van der Waals surface area contributed by atoms with Gasteiger partial charge in [-0.3, -0.25) is 5.10 Å². The molecule has 0 bridgehead atoms. The first-order valence-corrected chi connectivity index (χ1v) is 5.09. The fourth-order valence-corrected chi connectivity index (χ4v) is 2.09. The summed E-state index contributed by atoms with van der Waals surface area (Å²) >= 11 is 0. The zero-order valence-electron chi connectivity index (χ0n) is 7.96. The van der Waals surface area contributed by atoms with Crippen LogP contribution in [0.4, 0.5) is 5.69 Å². The number of aromatic nitrogens is 2. The molecule has 14 heavy (non-hydrogen) atoms. The van der Waals surface area contributed by atoms with Gasteiger partial charge in [0.25, 0.3) is 0 Å². The van der Waals surface area contributed by atoms with Crippen molar-refractivity contribution in [2.75, 3.05) is 5.73 Å². The molecular formula is C11H13N3. The van der Waals surface area contributed by atoms with Crippen LogP contribution in [0.5, 0.6) is 0 Å². The van der Waals surface area contributed by atoms with Crippen molar-refractivity contribution in [3.8, 4) is 0 Å². The molecule has 1 saturated carbocycles. The van der Waals surface area contributed by atoms with Gasteiger partial charge in [0.05, 0.1) is 5.69 Å². The summed E-state index contributed by atoms with van der Waals surface area (Å²) in [4.78, 5) is 0. The van der Waals surface area contributed by atoms with Gasteiger partial charge < -0.3 is 5.73 Å². The minimum Gasteiger partial charge on any atom is -0.397 e. The third-order valence-corrected chi connectivity index (χ3v) is 3.16. The lowest BCUT2D eigenvalue weighted by Crippen LogP contribution is -2.09. The Bertz CT molecular complexity index is 468. The highest BCUT2D eigenvalue weighted by Crippen LogP contribution is 2.38. The molecule has 1 heterocycles. The SMILES string of the molecule is Nc1cccc2c(C3CCC3)[nH]nc12. The Hall–Kier alpha value is -1.51. The highest BCUT2D eigenvalue weighted by Gasteiger charge is 2.23. The molecule has 0 unspecified atom stereocenters. The largest absolute Gasteiger partial charge is 0.397 e. The number of nitrogens with one attached hydrogen (secondary N) is 1. The van der Waals surface area contributed by atoms with Gasteiger partial charge in [0.1, 0.15) is 5.52 Å². The van der Waals surface area contributed by atoms with Gasteiger partial charge in [-0.25, -0.2) is 0 Å². The van der Waals surface area contributed by atoms with Crippen molar-refractivity contribution in [1.82, 2.24) is 10.2 Å². The van der Waals surface area contributed by atoms with Gasteiger partial charge in [-0.15, -0.1) is 0 Å². The maximum Gasteiger partial charge on any atom is 0.115 e. The van der Waals surface area contributed by atoms with Gasteiger partial charge in [0.2, 0.25) is 0 Å². The minimum atomic E-state index is 0.682.